The molecule has 1 atom stereocenters. The Hall–Kier alpha value is -0.900. The minimum absolute atomic E-state index is 0. The fourth-order valence-corrected chi connectivity index (χ4v) is 4.54. The Morgan fingerprint density at radius 3 is 3.00 bits per heavy atom. The summed E-state index contributed by atoms with van der Waals surface area (Å²) in [6.07, 6.45) is 4.77. The van der Waals surface area contributed by atoms with Crippen molar-refractivity contribution in [2.24, 2.45) is 10.4 Å². The monoisotopic (exact) mass is 491 g/mol. The average molecular weight is 491 g/mol. The van der Waals surface area contributed by atoms with Gasteiger partial charge in [-0.15, -0.1) is 35.3 Å². The maximum atomic E-state index is 11.7. The van der Waals surface area contributed by atoms with Crippen molar-refractivity contribution in [1.29, 1.82) is 0 Å². The van der Waals surface area contributed by atoms with Gasteiger partial charge in [-0.1, -0.05) is 6.92 Å². The lowest BCUT2D eigenvalue weighted by Crippen LogP contribution is -2.51. The molecule has 1 spiro atoms. The van der Waals surface area contributed by atoms with Crippen LogP contribution in [0.5, 0.6) is 0 Å². The molecule has 0 saturated carbocycles. The molecular weight excluding hydrogens is 461 g/mol. The minimum Gasteiger partial charge on any atom is -0.357 e. The molecule has 0 radical (unpaired) electrons. The highest BCUT2D eigenvalue weighted by Gasteiger charge is 2.42. The lowest BCUT2D eigenvalue weighted by molar-refractivity contribution is -0.119. The molecule has 2 saturated heterocycles. The van der Waals surface area contributed by atoms with Crippen LogP contribution in [0.2, 0.25) is 0 Å². The molecular formula is C18H30IN5OS. The van der Waals surface area contributed by atoms with Crippen molar-refractivity contribution < 1.29 is 4.79 Å². The van der Waals surface area contributed by atoms with Gasteiger partial charge in [-0.25, -0.2) is 4.98 Å². The molecule has 1 unspecified atom stereocenters. The van der Waals surface area contributed by atoms with Gasteiger partial charge in [0.15, 0.2) is 5.96 Å². The van der Waals surface area contributed by atoms with Gasteiger partial charge >= 0.3 is 0 Å². The van der Waals surface area contributed by atoms with Gasteiger partial charge in [0.2, 0.25) is 5.91 Å². The van der Waals surface area contributed by atoms with Crippen LogP contribution in [0.25, 0.3) is 0 Å². The normalized spacial score (nSPS) is 23.1. The van der Waals surface area contributed by atoms with Crippen molar-refractivity contribution in [3.63, 3.8) is 0 Å². The Bertz CT molecular complexity index is 635. The second-order valence-electron chi connectivity index (χ2n) is 7.05. The van der Waals surface area contributed by atoms with E-state index >= 15 is 0 Å². The van der Waals surface area contributed by atoms with Crippen LogP contribution in [-0.2, 0) is 17.6 Å². The molecule has 26 heavy (non-hydrogen) atoms. The number of hydrogen-bond donors (Lipinski definition) is 2. The lowest BCUT2D eigenvalue weighted by atomic mass is 9.79. The Kier molecular flexibility index (Phi) is 8.12. The van der Waals surface area contributed by atoms with Gasteiger partial charge in [0.25, 0.3) is 0 Å². The summed E-state index contributed by atoms with van der Waals surface area (Å²) in [6.45, 7) is 8.57. The number of likely N-dealkylation sites (tertiary alicyclic amines) is 1. The van der Waals surface area contributed by atoms with Gasteiger partial charge in [-0.3, -0.25) is 9.79 Å². The molecule has 2 N–H and O–H groups in total. The van der Waals surface area contributed by atoms with Gasteiger partial charge in [0, 0.05) is 56.4 Å². The first-order valence-corrected chi connectivity index (χ1v) is 10.3. The van der Waals surface area contributed by atoms with Crippen molar-refractivity contribution in [1.82, 2.24) is 20.5 Å². The molecule has 6 nitrogen and oxygen atoms in total. The number of rotatable bonds is 5. The fraction of sp³-hybridized carbons (Fsp3) is 0.722. The van der Waals surface area contributed by atoms with Crippen molar-refractivity contribution in [3.8, 4) is 0 Å². The van der Waals surface area contributed by atoms with E-state index in [1.807, 2.05) is 0 Å². The highest BCUT2D eigenvalue weighted by molar-refractivity contribution is 14.0. The van der Waals surface area contributed by atoms with Crippen LogP contribution >= 0.6 is 35.3 Å². The number of aromatic nitrogens is 1. The summed E-state index contributed by atoms with van der Waals surface area (Å²) in [5, 5.41) is 9.78. The molecule has 2 aliphatic heterocycles. The number of piperidine rings is 1. The van der Waals surface area contributed by atoms with Gasteiger partial charge in [-0.05, 0) is 26.2 Å². The van der Waals surface area contributed by atoms with E-state index in [-0.39, 0.29) is 35.3 Å². The molecule has 3 rings (SSSR count). The number of halogens is 1. The zero-order chi connectivity index (χ0) is 17.7. The average Bonchev–Trinajstić information content (AvgIpc) is 3.21. The maximum absolute atomic E-state index is 11.7. The van der Waals surface area contributed by atoms with E-state index in [4.69, 9.17) is 4.99 Å². The molecule has 1 amide bonds. The number of aliphatic imine (C=N–C) groups is 1. The van der Waals surface area contributed by atoms with Crippen molar-refractivity contribution in [2.45, 2.75) is 46.0 Å². The summed E-state index contributed by atoms with van der Waals surface area (Å²) < 4.78 is 0. The predicted molar refractivity (Wildman–Crippen MR) is 117 cm³/mol. The van der Waals surface area contributed by atoms with Crippen LogP contribution < -0.4 is 10.6 Å². The minimum atomic E-state index is 0. The van der Waals surface area contributed by atoms with Crippen LogP contribution in [0.3, 0.4) is 0 Å². The van der Waals surface area contributed by atoms with E-state index in [9.17, 15) is 4.79 Å². The summed E-state index contributed by atoms with van der Waals surface area (Å²) in [6, 6.07) is 0. The number of amides is 1. The first kappa shape index (κ1) is 21.4. The molecule has 3 heterocycles. The van der Waals surface area contributed by atoms with Crippen LogP contribution in [0.1, 0.15) is 43.8 Å². The number of nitrogens with zero attached hydrogens (tertiary/aromatic N) is 3. The molecule has 8 heteroatoms. The Morgan fingerprint density at radius 1 is 1.50 bits per heavy atom. The predicted octanol–water partition coefficient (Wildman–Crippen LogP) is 2.43. The van der Waals surface area contributed by atoms with Crippen LogP contribution in [0.4, 0.5) is 0 Å². The number of nitrogens with one attached hydrogen (secondary N) is 2. The number of aryl methyl sites for hydroxylation is 1. The third-order valence-electron chi connectivity index (χ3n) is 5.02. The first-order valence-electron chi connectivity index (χ1n) is 9.37. The van der Waals surface area contributed by atoms with E-state index in [0.717, 1.165) is 70.1 Å². The molecule has 0 aliphatic carbocycles. The molecule has 1 aromatic rings. The molecule has 1 aromatic heterocycles. The first-order chi connectivity index (χ1) is 12.1. The maximum Gasteiger partial charge on any atom is 0.220 e. The zero-order valence-electron chi connectivity index (χ0n) is 15.7. The number of carbonyl (C=O) groups is 1. The third kappa shape index (κ3) is 5.31. The summed E-state index contributed by atoms with van der Waals surface area (Å²) in [7, 11) is 0. The zero-order valence-corrected chi connectivity index (χ0v) is 18.9. The summed E-state index contributed by atoms with van der Waals surface area (Å²) in [5.41, 5.74) is 1.23. The Balaban J connectivity index is 0.00000243. The number of guanidine groups is 1. The fourth-order valence-electron chi connectivity index (χ4n) is 3.76. The number of carbonyl (C=O) groups excluding carboxylic acids is 1. The third-order valence-corrected chi connectivity index (χ3v) is 6.07. The molecule has 0 bridgehead atoms. The van der Waals surface area contributed by atoms with Crippen LogP contribution in [0.15, 0.2) is 10.4 Å². The Labute approximate surface area is 177 Å². The largest absolute Gasteiger partial charge is 0.357 e. The summed E-state index contributed by atoms with van der Waals surface area (Å²) in [5.74, 6) is 1.17. The number of hydrogen-bond acceptors (Lipinski definition) is 4. The highest BCUT2D eigenvalue weighted by atomic mass is 127. The van der Waals surface area contributed by atoms with Crippen LogP contribution in [-0.4, -0.2) is 54.5 Å². The summed E-state index contributed by atoms with van der Waals surface area (Å²) in [4.78, 5) is 23.5. The highest BCUT2D eigenvalue weighted by Crippen LogP contribution is 2.35. The van der Waals surface area contributed by atoms with E-state index in [2.05, 4.69) is 39.7 Å². The lowest BCUT2D eigenvalue weighted by Gasteiger charge is -2.40. The van der Waals surface area contributed by atoms with Gasteiger partial charge < -0.3 is 15.5 Å². The van der Waals surface area contributed by atoms with Crippen molar-refractivity contribution >= 4 is 47.2 Å². The second-order valence-corrected chi connectivity index (χ2v) is 7.99. The van der Waals surface area contributed by atoms with E-state index in [1.165, 1.54) is 5.01 Å². The van der Waals surface area contributed by atoms with E-state index < -0.39 is 0 Å². The van der Waals surface area contributed by atoms with Crippen LogP contribution in [0, 0.1) is 5.41 Å². The van der Waals surface area contributed by atoms with Gasteiger partial charge in [0.05, 0.1) is 10.7 Å². The summed E-state index contributed by atoms with van der Waals surface area (Å²) >= 11 is 1.74. The second kappa shape index (κ2) is 9.87. The molecule has 146 valence electrons. The van der Waals surface area contributed by atoms with Crippen molar-refractivity contribution in [3.05, 3.63) is 16.1 Å². The van der Waals surface area contributed by atoms with E-state index in [0.29, 0.717) is 6.42 Å². The molecule has 2 fully saturated rings. The van der Waals surface area contributed by atoms with Gasteiger partial charge in [0.1, 0.15) is 0 Å². The number of thiazole rings is 1. The molecule has 0 aromatic carbocycles. The quantitative estimate of drug-likeness (QED) is 0.377. The SMILES string of the molecule is CCNC(=NCCc1csc(CC)n1)N1CCCC2(CNC(=O)C2)C1.I. The standard InChI is InChI=1S/C18H29N5OS.HI/c1-3-16-22-14(11-25-16)6-8-20-17(19-4-2)23-9-5-7-18(13-23)10-15(24)21-12-18;/h11H,3-10,12-13H2,1-2H3,(H,19,20)(H,21,24);1H. The van der Waals surface area contributed by atoms with E-state index in [1.54, 1.807) is 11.3 Å². The van der Waals surface area contributed by atoms with Gasteiger partial charge in [-0.2, -0.15) is 0 Å². The smallest absolute Gasteiger partial charge is 0.220 e. The Morgan fingerprint density at radius 2 is 2.35 bits per heavy atom. The topological polar surface area (TPSA) is 69.6 Å². The van der Waals surface area contributed by atoms with Crippen molar-refractivity contribution in [2.75, 3.05) is 32.7 Å². The molecule has 2 aliphatic rings.